The van der Waals surface area contributed by atoms with Gasteiger partial charge in [0.05, 0.1) is 0 Å². The predicted octanol–water partition coefficient (Wildman–Crippen LogP) is 0.358. The molecule has 0 aromatic carbocycles. The zero-order chi connectivity index (χ0) is 14.0. The first-order chi connectivity index (χ1) is 7.76. The maximum absolute atomic E-state index is 10.2. The first-order valence-electron chi connectivity index (χ1n) is 5.01. The summed E-state index contributed by atoms with van der Waals surface area (Å²) in [5, 5.41) is 24.8. The molecule has 0 fully saturated rings. The van der Waals surface area contributed by atoms with E-state index in [-0.39, 0.29) is 5.92 Å². The van der Waals surface area contributed by atoms with E-state index in [1.165, 1.54) is 6.92 Å². The molecule has 5 N–H and O–H groups in total. The number of carbonyl (C=O) groups is 2. The van der Waals surface area contributed by atoms with Crippen molar-refractivity contribution in [3.8, 4) is 0 Å². The molecule has 0 saturated heterocycles. The van der Waals surface area contributed by atoms with Gasteiger partial charge < -0.3 is 15.4 Å². The molecule has 8 heteroatoms. The van der Waals surface area contributed by atoms with Gasteiger partial charge in [0, 0.05) is 0 Å². The van der Waals surface area contributed by atoms with E-state index in [1.54, 1.807) is 5.48 Å². The predicted molar refractivity (Wildman–Crippen MR) is 65.0 cm³/mol. The second-order valence-corrected chi connectivity index (χ2v) is 4.10. The van der Waals surface area contributed by atoms with E-state index >= 15 is 0 Å². The second kappa shape index (κ2) is 10.3. The van der Waals surface area contributed by atoms with Gasteiger partial charge in [-0.3, -0.25) is 14.3 Å². The normalized spacial score (nSPS) is 13.5. The third kappa shape index (κ3) is 11.4. The highest BCUT2D eigenvalue weighted by Gasteiger charge is 2.16. The van der Waals surface area contributed by atoms with Crippen molar-refractivity contribution in [3.05, 3.63) is 0 Å². The molecule has 0 rings (SSSR count). The van der Waals surface area contributed by atoms with Crippen molar-refractivity contribution in [1.29, 1.82) is 0 Å². The minimum absolute atomic E-state index is 0.265. The van der Waals surface area contributed by atoms with E-state index in [4.69, 9.17) is 15.4 Å². The zero-order valence-corrected chi connectivity index (χ0v) is 10.9. The second-order valence-electron chi connectivity index (χ2n) is 3.84. The first kappa shape index (κ1) is 18.5. The lowest BCUT2D eigenvalue weighted by Crippen LogP contribution is -2.35. The SMILES string of the molecule is CC(C)CC(NO)C(=O)O.CC(NS)C(=O)O. The largest absolute Gasteiger partial charge is 0.480 e. The number of hydroxylamine groups is 1. The molecule has 0 aromatic rings. The van der Waals surface area contributed by atoms with Crippen LogP contribution >= 0.6 is 12.8 Å². The van der Waals surface area contributed by atoms with Gasteiger partial charge in [0.25, 0.3) is 0 Å². The van der Waals surface area contributed by atoms with E-state index in [9.17, 15) is 9.59 Å². The lowest BCUT2D eigenvalue weighted by Gasteiger charge is -2.11. The summed E-state index contributed by atoms with van der Waals surface area (Å²) in [4.78, 5) is 20.1. The van der Waals surface area contributed by atoms with Crippen molar-refractivity contribution in [2.45, 2.75) is 39.3 Å². The summed E-state index contributed by atoms with van der Waals surface area (Å²) >= 11 is 3.52. The van der Waals surface area contributed by atoms with Crippen molar-refractivity contribution < 1.29 is 25.0 Å². The average Bonchev–Trinajstić information content (AvgIpc) is 2.24. The van der Waals surface area contributed by atoms with Gasteiger partial charge in [-0.1, -0.05) is 26.7 Å². The van der Waals surface area contributed by atoms with Gasteiger partial charge in [0.1, 0.15) is 12.1 Å². The molecule has 2 unspecified atom stereocenters. The molecule has 17 heavy (non-hydrogen) atoms. The lowest BCUT2D eigenvalue weighted by molar-refractivity contribution is -0.143. The van der Waals surface area contributed by atoms with Gasteiger partial charge in [0.2, 0.25) is 0 Å². The minimum atomic E-state index is -1.02. The summed E-state index contributed by atoms with van der Waals surface area (Å²) in [7, 11) is 0. The highest BCUT2D eigenvalue weighted by Crippen LogP contribution is 2.03. The molecule has 0 aromatic heterocycles. The maximum Gasteiger partial charge on any atom is 0.323 e. The molecule has 0 bridgehead atoms. The fourth-order valence-corrected chi connectivity index (χ4v) is 0.846. The highest BCUT2D eigenvalue weighted by atomic mass is 32.1. The van der Waals surface area contributed by atoms with Crippen molar-refractivity contribution >= 4 is 24.8 Å². The average molecular weight is 268 g/mol. The number of rotatable bonds is 6. The third-order valence-electron chi connectivity index (χ3n) is 1.73. The number of carboxylic acid groups (broad SMARTS) is 2. The number of hydrogen-bond donors (Lipinski definition) is 6. The molecule has 0 heterocycles. The van der Waals surface area contributed by atoms with E-state index in [0.29, 0.717) is 6.42 Å². The Kier molecular flexibility index (Phi) is 11.3. The van der Waals surface area contributed by atoms with E-state index in [0.717, 1.165) is 0 Å². The van der Waals surface area contributed by atoms with Gasteiger partial charge in [-0.05, 0) is 19.3 Å². The summed E-state index contributed by atoms with van der Waals surface area (Å²) < 4.78 is 2.26. The number of nitrogens with one attached hydrogen (secondary N) is 2. The first-order valence-corrected chi connectivity index (χ1v) is 5.45. The Morgan fingerprint density at radius 2 is 1.65 bits per heavy atom. The molecule has 0 spiro atoms. The van der Waals surface area contributed by atoms with Crippen molar-refractivity contribution in [2.24, 2.45) is 5.92 Å². The topological polar surface area (TPSA) is 119 Å². The molecule has 102 valence electrons. The van der Waals surface area contributed by atoms with Crippen molar-refractivity contribution in [3.63, 3.8) is 0 Å². The molecule has 2 atom stereocenters. The van der Waals surface area contributed by atoms with Crippen molar-refractivity contribution in [1.82, 2.24) is 10.2 Å². The molecule has 0 aliphatic rings. The Morgan fingerprint density at radius 3 is 1.71 bits per heavy atom. The van der Waals surface area contributed by atoms with Gasteiger partial charge in [0.15, 0.2) is 0 Å². The zero-order valence-electron chi connectivity index (χ0n) is 10.0. The van der Waals surface area contributed by atoms with Crippen LogP contribution in [0.5, 0.6) is 0 Å². The summed E-state index contributed by atoms with van der Waals surface area (Å²) in [5.41, 5.74) is 1.73. The van der Waals surface area contributed by atoms with Crippen LogP contribution in [0.4, 0.5) is 0 Å². The fourth-order valence-electron chi connectivity index (χ4n) is 0.735. The monoisotopic (exact) mass is 268 g/mol. The van der Waals surface area contributed by atoms with Gasteiger partial charge in [-0.15, -0.1) is 0 Å². The fraction of sp³-hybridized carbons (Fsp3) is 0.778. The van der Waals surface area contributed by atoms with Crippen LogP contribution in [0.1, 0.15) is 27.2 Å². The van der Waals surface area contributed by atoms with E-state index in [1.807, 2.05) is 13.8 Å². The number of hydrogen-bond acceptors (Lipinski definition) is 6. The third-order valence-corrected chi connectivity index (χ3v) is 2.11. The summed E-state index contributed by atoms with van der Waals surface area (Å²) in [6.07, 6.45) is 0.436. The van der Waals surface area contributed by atoms with Crippen LogP contribution in [-0.2, 0) is 9.59 Å². The molecule has 7 nitrogen and oxygen atoms in total. The van der Waals surface area contributed by atoms with Gasteiger partial charge in [-0.25, -0.2) is 0 Å². The van der Waals surface area contributed by atoms with Gasteiger partial charge in [-0.2, -0.15) is 5.48 Å². The molecule has 0 amide bonds. The van der Waals surface area contributed by atoms with Crippen LogP contribution in [0.3, 0.4) is 0 Å². The van der Waals surface area contributed by atoms with E-state index < -0.39 is 24.0 Å². The Balaban J connectivity index is 0. The molecule has 0 aliphatic heterocycles. The number of carboxylic acids is 2. The Hall–Kier alpha value is -0.830. The summed E-state index contributed by atoms with van der Waals surface area (Å²) in [6, 6.07) is -1.40. The smallest absolute Gasteiger partial charge is 0.323 e. The summed E-state index contributed by atoms with van der Waals surface area (Å²) in [5.74, 6) is -1.65. The quantitative estimate of drug-likeness (QED) is 0.304. The number of thiol groups is 1. The van der Waals surface area contributed by atoms with Gasteiger partial charge >= 0.3 is 11.9 Å². The lowest BCUT2D eigenvalue weighted by atomic mass is 10.1. The van der Waals surface area contributed by atoms with Crippen LogP contribution in [0.25, 0.3) is 0 Å². The highest BCUT2D eigenvalue weighted by molar-refractivity contribution is 7.78. The van der Waals surface area contributed by atoms with Crippen LogP contribution < -0.4 is 10.2 Å². The standard InChI is InChI=1S/C6H13NO3.C3H7NO2S/c1-4(2)3-5(7-10)6(8)9;1-2(4-7)3(5)6/h4-5,7,10H,3H2,1-2H3,(H,8,9);2,4,7H,1H3,(H,5,6). The van der Waals surface area contributed by atoms with Crippen LogP contribution in [0.15, 0.2) is 0 Å². The minimum Gasteiger partial charge on any atom is -0.480 e. The molecule has 0 aliphatic carbocycles. The Bertz CT molecular complexity index is 237. The molecular formula is C9H20N2O5S. The number of aliphatic carboxylic acids is 2. The van der Waals surface area contributed by atoms with Crippen LogP contribution in [0.2, 0.25) is 0 Å². The Morgan fingerprint density at radius 1 is 1.18 bits per heavy atom. The molecule has 0 radical (unpaired) electrons. The van der Waals surface area contributed by atoms with Crippen LogP contribution in [0, 0.1) is 5.92 Å². The Labute approximate surface area is 106 Å². The molecule has 0 saturated carbocycles. The van der Waals surface area contributed by atoms with Crippen molar-refractivity contribution in [2.75, 3.05) is 0 Å². The van der Waals surface area contributed by atoms with E-state index in [2.05, 4.69) is 17.5 Å². The summed E-state index contributed by atoms with van der Waals surface area (Å²) in [6.45, 7) is 5.30. The molecular weight excluding hydrogens is 248 g/mol. The van der Waals surface area contributed by atoms with Crippen LogP contribution in [-0.4, -0.2) is 39.4 Å². The maximum atomic E-state index is 10.2.